The van der Waals surface area contributed by atoms with Crippen molar-refractivity contribution < 1.29 is 9.53 Å². The number of carbonyl (C=O) groups excluding carboxylic acids is 1. The average Bonchev–Trinajstić information content (AvgIpc) is 3.34. The van der Waals surface area contributed by atoms with Crippen molar-refractivity contribution in [1.29, 1.82) is 5.26 Å². The van der Waals surface area contributed by atoms with Crippen LogP contribution < -0.4 is 20.7 Å². The second-order valence-electron chi connectivity index (χ2n) is 9.82. The Bertz CT molecular complexity index is 1620. The number of thiophene rings is 1. The highest BCUT2D eigenvalue weighted by Gasteiger charge is 2.26. The van der Waals surface area contributed by atoms with Crippen LogP contribution in [-0.2, 0) is 24.3 Å². The topological polar surface area (TPSA) is 89.4 Å². The van der Waals surface area contributed by atoms with Crippen molar-refractivity contribution in [3.63, 3.8) is 0 Å². The lowest BCUT2D eigenvalue weighted by molar-refractivity contribution is -0.115. The van der Waals surface area contributed by atoms with Crippen LogP contribution in [-0.4, -0.2) is 34.8 Å². The molecule has 42 heavy (non-hydrogen) atoms. The molecule has 0 spiro atoms. The molecular formula is C32H31N5O2S3. The van der Waals surface area contributed by atoms with E-state index in [0.717, 1.165) is 52.8 Å². The zero-order valence-electron chi connectivity index (χ0n) is 23.3. The second-order valence-corrected chi connectivity index (χ2v) is 12.8. The molecule has 1 atom stereocenters. The number of thiocarbonyl (C=S) groups is 1. The number of anilines is 3. The van der Waals surface area contributed by atoms with Crippen molar-refractivity contribution in [2.45, 2.75) is 36.6 Å². The van der Waals surface area contributed by atoms with Gasteiger partial charge in [0.2, 0.25) is 5.91 Å². The SMILES string of the molecule is COc1ccccc1NC(=S)Nc1cccc(SC(C)C(=O)Nc2sc3c(c2C#N)CCN(Cc2ccccc2)C3)c1. The molecule has 3 N–H and O–H groups in total. The summed E-state index contributed by atoms with van der Waals surface area (Å²) in [6.07, 6.45) is 0.801. The highest BCUT2D eigenvalue weighted by atomic mass is 32.2. The van der Waals surface area contributed by atoms with Gasteiger partial charge in [0.1, 0.15) is 16.8 Å². The van der Waals surface area contributed by atoms with Gasteiger partial charge in [-0.2, -0.15) is 5.26 Å². The zero-order valence-corrected chi connectivity index (χ0v) is 25.8. The van der Waals surface area contributed by atoms with Crippen LogP contribution >= 0.6 is 35.3 Å². The van der Waals surface area contributed by atoms with Crippen LogP contribution in [0.4, 0.5) is 16.4 Å². The Morgan fingerprint density at radius 1 is 1.10 bits per heavy atom. The first kappa shape index (κ1) is 29.6. The van der Waals surface area contributed by atoms with Gasteiger partial charge in [0.15, 0.2) is 5.11 Å². The van der Waals surface area contributed by atoms with Gasteiger partial charge in [0.05, 0.1) is 23.6 Å². The van der Waals surface area contributed by atoms with Crippen LogP contribution in [0.2, 0.25) is 0 Å². The molecule has 2 heterocycles. The van der Waals surface area contributed by atoms with E-state index in [-0.39, 0.29) is 11.2 Å². The van der Waals surface area contributed by atoms with E-state index in [9.17, 15) is 10.1 Å². The lowest BCUT2D eigenvalue weighted by atomic mass is 10.0. The van der Waals surface area contributed by atoms with E-state index in [1.165, 1.54) is 28.7 Å². The fourth-order valence-corrected chi connectivity index (χ4v) is 7.19. The van der Waals surface area contributed by atoms with E-state index in [1.54, 1.807) is 7.11 Å². The Kier molecular flexibility index (Phi) is 9.77. The molecule has 214 valence electrons. The number of carbonyl (C=O) groups is 1. The molecule has 5 rings (SSSR count). The number of para-hydroxylation sites is 2. The van der Waals surface area contributed by atoms with Gasteiger partial charge in [-0.15, -0.1) is 23.1 Å². The first-order valence-electron chi connectivity index (χ1n) is 13.5. The van der Waals surface area contributed by atoms with E-state index >= 15 is 0 Å². The Hall–Kier alpha value is -3.88. The third-order valence-corrected chi connectivity index (χ3v) is 9.29. The third-order valence-electron chi connectivity index (χ3n) is 6.86. The summed E-state index contributed by atoms with van der Waals surface area (Å²) in [7, 11) is 1.61. The van der Waals surface area contributed by atoms with Crippen molar-refractivity contribution >= 4 is 62.7 Å². The smallest absolute Gasteiger partial charge is 0.238 e. The maximum atomic E-state index is 13.2. The van der Waals surface area contributed by atoms with Crippen LogP contribution in [0.1, 0.15) is 28.5 Å². The number of nitrogens with zero attached hydrogens (tertiary/aromatic N) is 2. The molecule has 1 aliphatic heterocycles. The summed E-state index contributed by atoms with van der Waals surface area (Å²) in [4.78, 5) is 17.7. The quantitative estimate of drug-likeness (QED) is 0.136. The van der Waals surface area contributed by atoms with Crippen molar-refractivity contribution in [3.8, 4) is 11.8 Å². The van der Waals surface area contributed by atoms with Crippen LogP contribution in [0, 0.1) is 11.3 Å². The minimum absolute atomic E-state index is 0.136. The van der Waals surface area contributed by atoms with Crippen molar-refractivity contribution in [1.82, 2.24) is 4.90 Å². The summed E-state index contributed by atoms with van der Waals surface area (Å²) in [5.74, 6) is 0.560. The van der Waals surface area contributed by atoms with Crippen molar-refractivity contribution in [2.24, 2.45) is 0 Å². The Labute approximate surface area is 259 Å². The minimum Gasteiger partial charge on any atom is -0.495 e. The van der Waals surface area contributed by atoms with Crippen LogP contribution in [0.5, 0.6) is 5.75 Å². The van der Waals surface area contributed by atoms with Gasteiger partial charge < -0.3 is 20.7 Å². The molecule has 0 fully saturated rings. The third kappa shape index (κ3) is 7.30. The number of amides is 1. The maximum Gasteiger partial charge on any atom is 0.238 e. The predicted molar refractivity (Wildman–Crippen MR) is 177 cm³/mol. The number of fused-ring (bicyclic) bond motifs is 1. The summed E-state index contributed by atoms with van der Waals surface area (Å²) in [5.41, 5.74) is 4.51. The van der Waals surface area contributed by atoms with E-state index < -0.39 is 0 Å². The van der Waals surface area contributed by atoms with E-state index in [4.69, 9.17) is 17.0 Å². The number of ether oxygens (including phenoxy) is 1. The molecule has 7 nitrogen and oxygen atoms in total. The summed E-state index contributed by atoms with van der Waals surface area (Å²) in [6, 6.07) is 28.1. The normalized spacial score (nSPS) is 13.4. The number of thioether (sulfide) groups is 1. The fraction of sp³-hybridized carbons (Fsp3) is 0.219. The number of nitriles is 1. The zero-order chi connectivity index (χ0) is 29.5. The van der Waals surface area contributed by atoms with Gasteiger partial charge in [-0.25, -0.2) is 0 Å². The first-order valence-corrected chi connectivity index (χ1v) is 15.6. The number of benzene rings is 3. The van der Waals surface area contributed by atoms with Gasteiger partial charge in [-0.05, 0) is 67.0 Å². The monoisotopic (exact) mass is 613 g/mol. The largest absolute Gasteiger partial charge is 0.495 e. The predicted octanol–water partition coefficient (Wildman–Crippen LogP) is 7.11. The Morgan fingerprint density at radius 3 is 2.67 bits per heavy atom. The van der Waals surface area contributed by atoms with E-state index in [0.29, 0.717) is 21.4 Å². The van der Waals surface area contributed by atoms with Crippen LogP contribution in [0.3, 0.4) is 0 Å². The summed E-state index contributed by atoms with van der Waals surface area (Å²) in [6.45, 7) is 4.40. The van der Waals surface area contributed by atoms with E-state index in [1.807, 2.05) is 61.5 Å². The van der Waals surface area contributed by atoms with Crippen LogP contribution in [0.25, 0.3) is 0 Å². The van der Waals surface area contributed by atoms with Gasteiger partial charge in [0.25, 0.3) is 0 Å². The number of rotatable bonds is 9. The number of methoxy groups -OCH3 is 1. The van der Waals surface area contributed by atoms with Gasteiger partial charge >= 0.3 is 0 Å². The molecule has 4 aromatic rings. The lowest BCUT2D eigenvalue weighted by Gasteiger charge is -2.26. The highest BCUT2D eigenvalue weighted by Crippen LogP contribution is 2.38. The molecular weight excluding hydrogens is 583 g/mol. The molecule has 0 saturated carbocycles. The first-order chi connectivity index (χ1) is 20.4. The van der Waals surface area contributed by atoms with E-state index in [2.05, 4.69) is 51.2 Å². The highest BCUT2D eigenvalue weighted by molar-refractivity contribution is 8.00. The minimum atomic E-state index is -0.376. The number of hydrogen-bond donors (Lipinski definition) is 3. The molecule has 1 unspecified atom stereocenters. The Balaban J connectivity index is 1.19. The molecule has 1 aromatic heterocycles. The molecule has 10 heteroatoms. The number of hydrogen-bond acceptors (Lipinski definition) is 7. The summed E-state index contributed by atoms with van der Waals surface area (Å²) in [5, 5.41) is 20.0. The van der Waals surface area contributed by atoms with Gasteiger partial charge in [-0.1, -0.05) is 48.5 Å². The van der Waals surface area contributed by atoms with Crippen molar-refractivity contribution in [3.05, 3.63) is 100 Å². The maximum absolute atomic E-state index is 13.2. The number of nitrogens with one attached hydrogen (secondary N) is 3. The summed E-state index contributed by atoms with van der Waals surface area (Å²) >= 11 is 8.46. The molecule has 0 bridgehead atoms. The molecule has 0 radical (unpaired) electrons. The van der Waals surface area contributed by atoms with Gasteiger partial charge in [-0.3, -0.25) is 9.69 Å². The lowest BCUT2D eigenvalue weighted by Crippen LogP contribution is -2.29. The van der Waals surface area contributed by atoms with Crippen molar-refractivity contribution in [2.75, 3.05) is 29.6 Å². The average molecular weight is 614 g/mol. The Morgan fingerprint density at radius 2 is 1.88 bits per heavy atom. The molecule has 1 aliphatic rings. The fourth-order valence-electron chi connectivity index (χ4n) is 4.79. The second kappa shape index (κ2) is 13.9. The molecule has 0 saturated heterocycles. The molecule has 1 amide bonds. The molecule has 3 aromatic carbocycles. The van der Waals surface area contributed by atoms with Crippen LogP contribution in [0.15, 0.2) is 83.8 Å². The molecule has 0 aliphatic carbocycles. The standard InChI is InChI=1S/C32H31N5O2S3/c1-21(41-24-12-8-11-23(17-24)34-32(40)35-27-13-6-7-14-28(27)39-2)30(38)36-31-26(18-33)25-15-16-37(20-29(25)42-31)19-22-9-4-3-5-10-22/h3-14,17,21H,15-16,19-20H2,1-2H3,(H,36,38)(H2,34,35,40). The van der Waals surface area contributed by atoms with Gasteiger partial charge in [0, 0.05) is 35.1 Å². The summed E-state index contributed by atoms with van der Waals surface area (Å²) < 4.78 is 5.38.